The molecule has 0 spiro atoms. The van der Waals surface area contributed by atoms with Gasteiger partial charge >= 0.3 is 6.03 Å². The van der Waals surface area contributed by atoms with E-state index in [1.54, 1.807) is 0 Å². The summed E-state index contributed by atoms with van der Waals surface area (Å²) in [6.45, 7) is 2.90. The van der Waals surface area contributed by atoms with E-state index in [2.05, 4.69) is 17.6 Å². The van der Waals surface area contributed by atoms with E-state index in [9.17, 15) is 4.79 Å². The number of para-hydroxylation sites is 1. The van der Waals surface area contributed by atoms with Crippen LogP contribution in [0.25, 0.3) is 0 Å². The van der Waals surface area contributed by atoms with Gasteiger partial charge in [-0.25, -0.2) is 4.79 Å². The molecule has 2 rings (SSSR count). The summed E-state index contributed by atoms with van der Waals surface area (Å²) in [7, 11) is 0. The van der Waals surface area contributed by atoms with E-state index in [0.29, 0.717) is 12.3 Å². The normalized spacial score (nSPS) is 21.2. The summed E-state index contributed by atoms with van der Waals surface area (Å²) in [6.07, 6.45) is 4.49. The number of carbonyl (C=O) groups is 1. The minimum Gasteiger partial charge on any atom is -0.491 e. The number of benzene rings is 1. The van der Waals surface area contributed by atoms with Crippen LogP contribution in [-0.4, -0.2) is 30.4 Å². The molecule has 22 heavy (non-hydrogen) atoms. The highest BCUT2D eigenvalue weighted by molar-refractivity contribution is 5.74. The average molecular weight is 306 g/mol. The Hall–Kier alpha value is -1.75. The van der Waals surface area contributed by atoms with Crippen molar-refractivity contribution in [2.45, 2.75) is 45.2 Å². The van der Waals surface area contributed by atoms with Crippen LogP contribution in [-0.2, 0) is 6.54 Å². The fraction of sp³-hybridized carbons (Fsp3) is 0.588. The van der Waals surface area contributed by atoms with Gasteiger partial charge in [-0.15, -0.1) is 0 Å². The smallest absolute Gasteiger partial charge is 0.315 e. The Morgan fingerprint density at radius 3 is 2.73 bits per heavy atom. The van der Waals surface area contributed by atoms with Crippen molar-refractivity contribution in [2.75, 3.05) is 13.2 Å². The number of nitrogens with one attached hydrogen (secondary N) is 2. The minimum atomic E-state index is -0.128. The lowest BCUT2D eigenvalue weighted by Gasteiger charge is -2.27. The molecule has 1 fully saturated rings. The molecule has 0 atom stereocenters. The summed E-state index contributed by atoms with van der Waals surface area (Å²) >= 11 is 0. The third-order valence-electron chi connectivity index (χ3n) is 4.11. The highest BCUT2D eigenvalue weighted by Gasteiger charge is 2.19. The maximum Gasteiger partial charge on any atom is 0.315 e. The molecule has 0 saturated heterocycles. The van der Waals surface area contributed by atoms with Crippen LogP contribution in [0.5, 0.6) is 5.75 Å². The molecule has 0 heterocycles. The molecule has 0 unspecified atom stereocenters. The number of carbonyl (C=O) groups excluding carboxylic acids is 1. The van der Waals surface area contributed by atoms with Crippen molar-refractivity contribution in [2.24, 2.45) is 5.92 Å². The van der Waals surface area contributed by atoms with Gasteiger partial charge < -0.3 is 20.5 Å². The zero-order valence-corrected chi connectivity index (χ0v) is 13.2. The summed E-state index contributed by atoms with van der Waals surface area (Å²) in [5.41, 5.74) is 0.906. The Bertz CT molecular complexity index is 471. The summed E-state index contributed by atoms with van der Waals surface area (Å²) in [5.74, 6) is 1.47. The standard InChI is InChI=1S/C17H26N2O3/c1-13-6-8-15(9-7-13)19-17(21)18-12-14-4-2-3-5-16(14)22-11-10-20/h2-5,13,15,20H,6-12H2,1H3,(H2,18,19,21). The summed E-state index contributed by atoms with van der Waals surface area (Å²) in [4.78, 5) is 12.0. The molecule has 0 aliphatic heterocycles. The van der Waals surface area contributed by atoms with Crippen LogP contribution in [0.2, 0.25) is 0 Å². The number of aliphatic hydroxyl groups is 1. The highest BCUT2D eigenvalue weighted by atomic mass is 16.5. The van der Waals surface area contributed by atoms with Gasteiger partial charge in [-0.1, -0.05) is 25.1 Å². The van der Waals surface area contributed by atoms with E-state index in [4.69, 9.17) is 9.84 Å². The number of ether oxygens (including phenoxy) is 1. The van der Waals surface area contributed by atoms with E-state index in [1.807, 2.05) is 24.3 Å². The SMILES string of the molecule is CC1CCC(NC(=O)NCc2ccccc2OCCO)CC1. The second-order valence-corrected chi connectivity index (χ2v) is 5.96. The molecule has 1 saturated carbocycles. The number of amides is 2. The zero-order valence-electron chi connectivity index (χ0n) is 13.2. The van der Waals surface area contributed by atoms with Crippen molar-refractivity contribution in [1.29, 1.82) is 0 Å². The molecule has 0 aromatic heterocycles. The summed E-state index contributed by atoms with van der Waals surface area (Å²) < 4.78 is 5.46. The van der Waals surface area contributed by atoms with Gasteiger partial charge in [0.1, 0.15) is 12.4 Å². The van der Waals surface area contributed by atoms with Gasteiger partial charge in [0, 0.05) is 18.2 Å². The number of hydrogen-bond acceptors (Lipinski definition) is 3. The van der Waals surface area contributed by atoms with Crippen LogP contribution in [0.3, 0.4) is 0 Å². The molecule has 122 valence electrons. The Kier molecular flexibility index (Phi) is 6.52. The van der Waals surface area contributed by atoms with Gasteiger partial charge in [-0.2, -0.15) is 0 Å². The first-order valence-electron chi connectivity index (χ1n) is 8.05. The molecule has 0 radical (unpaired) electrons. The Morgan fingerprint density at radius 1 is 1.27 bits per heavy atom. The van der Waals surface area contributed by atoms with Crippen molar-refractivity contribution < 1.29 is 14.6 Å². The van der Waals surface area contributed by atoms with E-state index in [1.165, 1.54) is 12.8 Å². The third-order valence-corrected chi connectivity index (χ3v) is 4.11. The van der Waals surface area contributed by atoms with Crippen LogP contribution < -0.4 is 15.4 Å². The molecule has 1 aliphatic rings. The second kappa shape index (κ2) is 8.63. The third kappa shape index (κ3) is 5.22. The van der Waals surface area contributed by atoms with E-state index < -0.39 is 0 Å². The van der Waals surface area contributed by atoms with Gasteiger partial charge in [-0.05, 0) is 37.7 Å². The number of hydrogen-bond donors (Lipinski definition) is 3. The lowest BCUT2D eigenvalue weighted by Crippen LogP contribution is -2.43. The summed E-state index contributed by atoms with van der Waals surface area (Å²) in [5, 5.41) is 14.8. The molecule has 3 N–H and O–H groups in total. The lowest BCUT2D eigenvalue weighted by atomic mass is 9.87. The highest BCUT2D eigenvalue weighted by Crippen LogP contribution is 2.23. The number of aliphatic hydroxyl groups excluding tert-OH is 1. The Morgan fingerprint density at radius 2 is 2.00 bits per heavy atom. The van der Waals surface area contributed by atoms with E-state index in [0.717, 1.165) is 24.3 Å². The van der Waals surface area contributed by atoms with Crippen molar-refractivity contribution in [3.05, 3.63) is 29.8 Å². The maximum absolute atomic E-state index is 12.0. The van der Waals surface area contributed by atoms with Gasteiger partial charge in [-0.3, -0.25) is 0 Å². The molecular weight excluding hydrogens is 280 g/mol. The fourth-order valence-corrected chi connectivity index (χ4v) is 2.76. The van der Waals surface area contributed by atoms with Crippen LogP contribution in [0.4, 0.5) is 4.79 Å². The summed E-state index contributed by atoms with van der Waals surface area (Å²) in [6, 6.07) is 7.69. The zero-order chi connectivity index (χ0) is 15.8. The van der Waals surface area contributed by atoms with Crippen LogP contribution in [0.15, 0.2) is 24.3 Å². The molecule has 1 aliphatic carbocycles. The second-order valence-electron chi connectivity index (χ2n) is 5.96. The van der Waals surface area contributed by atoms with Crippen LogP contribution in [0, 0.1) is 5.92 Å². The van der Waals surface area contributed by atoms with E-state index in [-0.39, 0.29) is 25.3 Å². The first kappa shape index (κ1) is 16.6. The number of urea groups is 1. The maximum atomic E-state index is 12.0. The van der Waals surface area contributed by atoms with Gasteiger partial charge in [0.15, 0.2) is 0 Å². The van der Waals surface area contributed by atoms with Crippen molar-refractivity contribution in [3.8, 4) is 5.75 Å². The van der Waals surface area contributed by atoms with Crippen LogP contribution >= 0.6 is 0 Å². The minimum absolute atomic E-state index is 0.0254. The lowest BCUT2D eigenvalue weighted by molar-refractivity contribution is 0.200. The molecule has 5 heteroatoms. The molecule has 1 aromatic carbocycles. The predicted octanol–water partition coefficient (Wildman–Crippen LogP) is 2.44. The van der Waals surface area contributed by atoms with Gasteiger partial charge in [0.05, 0.1) is 6.61 Å². The van der Waals surface area contributed by atoms with Crippen molar-refractivity contribution in [3.63, 3.8) is 0 Å². The topological polar surface area (TPSA) is 70.6 Å². The first-order chi connectivity index (χ1) is 10.7. The molecule has 5 nitrogen and oxygen atoms in total. The van der Waals surface area contributed by atoms with Gasteiger partial charge in [0.2, 0.25) is 0 Å². The molecular formula is C17H26N2O3. The van der Waals surface area contributed by atoms with E-state index >= 15 is 0 Å². The quantitative estimate of drug-likeness (QED) is 0.756. The Balaban J connectivity index is 1.78. The first-order valence-corrected chi connectivity index (χ1v) is 8.05. The predicted molar refractivity (Wildman–Crippen MR) is 85.8 cm³/mol. The van der Waals surface area contributed by atoms with Crippen molar-refractivity contribution in [1.82, 2.24) is 10.6 Å². The molecule has 2 amide bonds. The molecule has 1 aromatic rings. The number of rotatable bonds is 6. The Labute approximate surface area is 132 Å². The van der Waals surface area contributed by atoms with Crippen molar-refractivity contribution >= 4 is 6.03 Å². The molecule has 0 bridgehead atoms. The largest absolute Gasteiger partial charge is 0.491 e. The van der Waals surface area contributed by atoms with Gasteiger partial charge in [0.25, 0.3) is 0 Å². The monoisotopic (exact) mass is 306 g/mol. The fourth-order valence-electron chi connectivity index (χ4n) is 2.76. The van der Waals surface area contributed by atoms with Crippen LogP contribution in [0.1, 0.15) is 38.2 Å². The average Bonchev–Trinajstić information content (AvgIpc) is 2.54.